The summed E-state index contributed by atoms with van der Waals surface area (Å²) < 4.78 is 0. The Labute approximate surface area is 68.1 Å². The summed E-state index contributed by atoms with van der Waals surface area (Å²) in [5.41, 5.74) is 0. The first-order chi connectivity index (χ1) is 5.41. The van der Waals surface area contributed by atoms with E-state index in [1.807, 2.05) is 12.2 Å². The second-order valence-corrected chi connectivity index (χ2v) is 2.06. The Balaban J connectivity index is 3.36. The third-order valence-corrected chi connectivity index (χ3v) is 1.11. The van der Waals surface area contributed by atoms with Gasteiger partial charge >= 0.3 is 0 Å². The van der Waals surface area contributed by atoms with Gasteiger partial charge in [0.25, 0.3) is 0 Å². The number of hydrogen-bond donors (Lipinski definition) is 0. The van der Waals surface area contributed by atoms with Gasteiger partial charge in [-0.2, -0.15) is 0 Å². The van der Waals surface area contributed by atoms with Gasteiger partial charge in [-0.25, -0.2) is 0 Å². The second-order valence-electron chi connectivity index (χ2n) is 2.06. The molecule has 0 aromatic rings. The summed E-state index contributed by atoms with van der Waals surface area (Å²) in [6, 6.07) is 0. The SMILES string of the molecule is CC/C=C\CC=C/C=C/C=O. The third-order valence-electron chi connectivity index (χ3n) is 1.11. The molecule has 0 saturated carbocycles. The van der Waals surface area contributed by atoms with Crippen molar-refractivity contribution in [2.45, 2.75) is 19.8 Å². The minimum absolute atomic E-state index is 0.770. The molecule has 0 aliphatic carbocycles. The van der Waals surface area contributed by atoms with Crippen LogP contribution in [0, 0.1) is 0 Å². The van der Waals surface area contributed by atoms with Gasteiger partial charge in [0, 0.05) is 0 Å². The van der Waals surface area contributed by atoms with Gasteiger partial charge in [0.05, 0.1) is 0 Å². The molecule has 0 N–H and O–H groups in total. The highest BCUT2D eigenvalue weighted by Crippen LogP contribution is 1.88. The molecular weight excluding hydrogens is 136 g/mol. The summed E-state index contributed by atoms with van der Waals surface area (Å²) in [7, 11) is 0. The molecule has 0 saturated heterocycles. The lowest BCUT2D eigenvalue weighted by molar-refractivity contribution is -0.104. The van der Waals surface area contributed by atoms with Gasteiger partial charge < -0.3 is 0 Å². The maximum absolute atomic E-state index is 9.81. The van der Waals surface area contributed by atoms with Crippen LogP contribution in [0.5, 0.6) is 0 Å². The maximum atomic E-state index is 9.81. The molecule has 0 spiro atoms. The summed E-state index contributed by atoms with van der Waals surface area (Å²) in [6.07, 6.45) is 14.1. The summed E-state index contributed by atoms with van der Waals surface area (Å²) in [5, 5.41) is 0. The molecule has 60 valence electrons. The Bertz CT molecular complexity index is 164. The summed E-state index contributed by atoms with van der Waals surface area (Å²) >= 11 is 0. The van der Waals surface area contributed by atoms with E-state index in [0.29, 0.717) is 0 Å². The average molecular weight is 150 g/mol. The molecule has 0 aromatic heterocycles. The highest BCUT2D eigenvalue weighted by atomic mass is 16.1. The van der Waals surface area contributed by atoms with Gasteiger partial charge in [-0.1, -0.05) is 37.3 Å². The lowest BCUT2D eigenvalue weighted by atomic mass is 10.3. The fraction of sp³-hybridized carbons (Fsp3) is 0.300. The number of carbonyl (C=O) groups excluding carboxylic acids is 1. The number of allylic oxidation sites excluding steroid dienone is 6. The van der Waals surface area contributed by atoms with Crippen LogP contribution >= 0.6 is 0 Å². The van der Waals surface area contributed by atoms with Gasteiger partial charge in [0.15, 0.2) is 0 Å². The van der Waals surface area contributed by atoms with Crippen molar-refractivity contribution in [2.24, 2.45) is 0 Å². The highest BCUT2D eigenvalue weighted by Gasteiger charge is 1.68. The van der Waals surface area contributed by atoms with Crippen molar-refractivity contribution in [2.75, 3.05) is 0 Å². The van der Waals surface area contributed by atoms with Crippen molar-refractivity contribution in [1.29, 1.82) is 0 Å². The van der Waals surface area contributed by atoms with Crippen molar-refractivity contribution in [3.8, 4) is 0 Å². The fourth-order valence-corrected chi connectivity index (χ4v) is 0.608. The van der Waals surface area contributed by atoms with Crippen LogP contribution in [-0.4, -0.2) is 6.29 Å². The Morgan fingerprint density at radius 2 is 1.82 bits per heavy atom. The molecule has 0 heterocycles. The first kappa shape index (κ1) is 9.89. The predicted octanol–water partition coefficient (Wildman–Crippen LogP) is 2.65. The molecule has 0 aliphatic rings. The van der Waals surface area contributed by atoms with E-state index in [1.54, 1.807) is 6.08 Å². The van der Waals surface area contributed by atoms with E-state index in [2.05, 4.69) is 19.1 Å². The summed E-state index contributed by atoms with van der Waals surface area (Å²) in [6.45, 7) is 2.10. The van der Waals surface area contributed by atoms with Crippen LogP contribution in [0.1, 0.15) is 19.8 Å². The Hall–Kier alpha value is -1.11. The number of rotatable bonds is 5. The topological polar surface area (TPSA) is 17.1 Å². The fourth-order valence-electron chi connectivity index (χ4n) is 0.608. The molecule has 0 radical (unpaired) electrons. The molecule has 0 aromatic carbocycles. The van der Waals surface area contributed by atoms with Crippen LogP contribution in [0.15, 0.2) is 36.5 Å². The lowest BCUT2D eigenvalue weighted by Crippen LogP contribution is -1.59. The molecule has 0 atom stereocenters. The summed E-state index contributed by atoms with van der Waals surface area (Å²) in [4.78, 5) is 9.81. The molecule has 0 fully saturated rings. The van der Waals surface area contributed by atoms with Crippen LogP contribution in [-0.2, 0) is 4.79 Å². The van der Waals surface area contributed by atoms with Crippen molar-refractivity contribution >= 4 is 6.29 Å². The second kappa shape index (κ2) is 8.89. The maximum Gasteiger partial charge on any atom is 0.142 e. The zero-order valence-electron chi connectivity index (χ0n) is 6.86. The van der Waals surface area contributed by atoms with E-state index in [1.165, 1.54) is 6.08 Å². The van der Waals surface area contributed by atoms with Crippen molar-refractivity contribution in [3.05, 3.63) is 36.5 Å². The molecule has 0 bridgehead atoms. The highest BCUT2D eigenvalue weighted by molar-refractivity contribution is 5.65. The van der Waals surface area contributed by atoms with E-state index in [9.17, 15) is 4.79 Å². The van der Waals surface area contributed by atoms with Gasteiger partial charge in [0.2, 0.25) is 0 Å². The molecule has 11 heavy (non-hydrogen) atoms. The number of aldehydes is 1. The van der Waals surface area contributed by atoms with Gasteiger partial charge in [-0.05, 0) is 18.9 Å². The normalized spacial score (nSPS) is 12.1. The van der Waals surface area contributed by atoms with Crippen molar-refractivity contribution in [1.82, 2.24) is 0 Å². The Morgan fingerprint density at radius 3 is 2.45 bits per heavy atom. The largest absolute Gasteiger partial charge is 0.299 e. The zero-order chi connectivity index (χ0) is 8.36. The molecule has 0 rings (SSSR count). The van der Waals surface area contributed by atoms with Gasteiger partial charge in [0.1, 0.15) is 6.29 Å². The van der Waals surface area contributed by atoms with Gasteiger partial charge in [-0.3, -0.25) is 4.79 Å². The molecule has 0 amide bonds. The van der Waals surface area contributed by atoms with Crippen LogP contribution in [0.2, 0.25) is 0 Å². The monoisotopic (exact) mass is 150 g/mol. The molecule has 0 unspecified atom stereocenters. The summed E-state index contributed by atoms with van der Waals surface area (Å²) in [5.74, 6) is 0. The smallest absolute Gasteiger partial charge is 0.142 e. The third kappa shape index (κ3) is 8.89. The number of carbonyl (C=O) groups is 1. The predicted molar refractivity (Wildman–Crippen MR) is 48.4 cm³/mol. The first-order valence-electron chi connectivity index (χ1n) is 3.83. The quantitative estimate of drug-likeness (QED) is 0.255. The van der Waals surface area contributed by atoms with Crippen LogP contribution < -0.4 is 0 Å². The minimum atomic E-state index is 0.770. The van der Waals surface area contributed by atoms with Crippen molar-refractivity contribution < 1.29 is 4.79 Å². The average Bonchev–Trinajstić information content (AvgIpc) is 2.03. The molecule has 0 aliphatic heterocycles. The molecule has 1 heteroatoms. The van der Waals surface area contributed by atoms with Gasteiger partial charge in [-0.15, -0.1) is 0 Å². The van der Waals surface area contributed by atoms with Crippen LogP contribution in [0.25, 0.3) is 0 Å². The van der Waals surface area contributed by atoms with E-state index in [-0.39, 0.29) is 0 Å². The minimum Gasteiger partial charge on any atom is -0.299 e. The number of hydrogen-bond acceptors (Lipinski definition) is 1. The van der Waals surface area contributed by atoms with Crippen LogP contribution in [0.3, 0.4) is 0 Å². The first-order valence-corrected chi connectivity index (χ1v) is 3.83. The van der Waals surface area contributed by atoms with E-state index < -0.39 is 0 Å². The van der Waals surface area contributed by atoms with Crippen LogP contribution in [0.4, 0.5) is 0 Å². The van der Waals surface area contributed by atoms with E-state index in [0.717, 1.165) is 19.1 Å². The Morgan fingerprint density at radius 1 is 1.00 bits per heavy atom. The zero-order valence-corrected chi connectivity index (χ0v) is 6.86. The van der Waals surface area contributed by atoms with E-state index >= 15 is 0 Å². The molecular formula is C10H14O. The van der Waals surface area contributed by atoms with E-state index in [4.69, 9.17) is 0 Å². The standard InChI is InChI=1S/C10H14O/c1-2-3-4-5-6-7-8-9-10-11/h3-4,6-10H,2,5H2,1H3/b4-3-,7-6?,9-8+. The lowest BCUT2D eigenvalue weighted by Gasteiger charge is -1.78. The molecule has 1 nitrogen and oxygen atoms in total. The van der Waals surface area contributed by atoms with Crippen molar-refractivity contribution in [3.63, 3.8) is 0 Å². The Kier molecular flexibility index (Phi) is 7.99.